The van der Waals surface area contributed by atoms with Crippen LogP contribution in [0.25, 0.3) is 0 Å². The van der Waals surface area contributed by atoms with E-state index in [9.17, 15) is 0 Å². The number of hydrogen-bond acceptors (Lipinski definition) is 3. The monoisotopic (exact) mass is 292 g/mol. The van der Waals surface area contributed by atoms with Gasteiger partial charge in [0.05, 0.1) is 0 Å². The zero-order valence-corrected chi connectivity index (χ0v) is 13.2. The van der Waals surface area contributed by atoms with Crippen molar-refractivity contribution in [1.29, 1.82) is 0 Å². The van der Waals surface area contributed by atoms with Crippen LogP contribution in [-0.2, 0) is 0 Å². The topological polar surface area (TPSA) is 38.5 Å². The molecule has 0 aliphatic heterocycles. The lowest BCUT2D eigenvalue weighted by atomic mass is 10.2. The standard InChI is InChI=1S/C16H24N2OS/c1-12(2)18(11-13-6-7-13)8-9-19-15-5-3-4-14(10-15)16(17)20/h3-5,10,12-13H,6-9,11H2,1-2H3,(H2,17,20). The molecule has 0 aromatic heterocycles. The number of hydrogen-bond donors (Lipinski definition) is 1. The second kappa shape index (κ2) is 7.04. The van der Waals surface area contributed by atoms with Crippen LogP contribution in [0.2, 0.25) is 0 Å². The smallest absolute Gasteiger partial charge is 0.120 e. The van der Waals surface area contributed by atoms with Gasteiger partial charge in [-0.15, -0.1) is 0 Å². The lowest BCUT2D eigenvalue weighted by molar-refractivity contribution is 0.170. The Bertz CT molecular complexity index is 458. The molecule has 1 aromatic carbocycles. The van der Waals surface area contributed by atoms with Crippen LogP contribution in [0.5, 0.6) is 5.75 Å². The predicted octanol–water partition coefficient (Wildman–Crippen LogP) is 2.82. The molecule has 0 bridgehead atoms. The first-order valence-corrected chi connectivity index (χ1v) is 7.74. The lowest BCUT2D eigenvalue weighted by Crippen LogP contribution is -2.36. The summed E-state index contributed by atoms with van der Waals surface area (Å²) in [5, 5.41) is 0. The van der Waals surface area contributed by atoms with Gasteiger partial charge in [0.15, 0.2) is 0 Å². The fourth-order valence-electron chi connectivity index (χ4n) is 2.21. The van der Waals surface area contributed by atoms with Crippen LogP contribution in [0, 0.1) is 5.92 Å². The van der Waals surface area contributed by atoms with Crippen molar-refractivity contribution in [1.82, 2.24) is 4.90 Å². The highest BCUT2D eigenvalue weighted by Gasteiger charge is 2.25. The zero-order valence-electron chi connectivity index (χ0n) is 12.3. The van der Waals surface area contributed by atoms with Crippen molar-refractivity contribution < 1.29 is 4.74 Å². The van der Waals surface area contributed by atoms with Gasteiger partial charge in [-0.3, -0.25) is 4.90 Å². The van der Waals surface area contributed by atoms with Crippen LogP contribution >= 0.6 is 12.2 Å². The Hall–Kier alpha value is -1.13. The predicted molar refractivity (Wildman–Crippen MR) is 87.3 cm³/mol. The first kappa shape index (κ1) is 15.3. The molecule has 0 heterocycles. The second-order valence-electron chi connectivity index (χ2n) is 5.77. The average Bonchev–Trinajstić information content (AvgIpc) is 3.21. The highest BCUT2D eigenvalue weighted by Crippen LogP contribution is 2.30. The maximum absolute atomic E-state index is 5.82. The van der Waals surface area contributed by atoms with Crippen molar-refractivity contribution in [3.05, 3.63) is 29.8 Å². The number of ether oxygens (including phenoxy) is 1. The van der Waals surface area contributed by atoms with Crippen LogP contribution < -0.4 is 10.5 Å². The molecular weight excluding hydrogens is 268 g/mol. The highest BCUT2D eigenvalue weighted by molar-refractivity contribution is 7.80. The van der Waals surface area contributed by atoms with Crippen LogP contribution in [-0.4, -0.2) is 35.6 Å². The summed E-state index contributed by atoms with van der Waals surface area (Å²) in [7, 11) is 0. The van der Waals surface area contributed by atoms with Crippen molar-refractivity contribution in [3.8, 4) is 5.75 Å². The number of nitrogens with two attached hydrogens (primary N) is 1. The van der Waals surface area contributed by atoms with Gasteiger partial charge >= 0.3 is 0 Å². The summed E-state index contributed by atoms with van der Waals surface area (Å²) in [6, 6.07) is 8.25. The fraction of sp³-hybridized carbons (Fsp3) is 0.562. The second-order valence-corrected chi connectivity index (χ2v) is 6.21. The summed E-state index contributed by atoms with van der Waals surface area (Å²) in [6.07, 6.45) is 2.78. The van der Waals surface area contributed by atoms with E-state index in [0.717, 1.165) is 23.8 Å². The third-order valence-corrected chi connectivity index (χ3v) is 3.92. The Labute approximate surface area is 127 Å². The van der Waals surface area contributed by atoms with Crippen LogP contribution in [0.15, 0.2) is 24.3 Å². The maximum atomic E-state index is 5.82. The normalized spacial score (nSPS) is 14.8. The van der Waals surface area contributed by atoms with Gasteiger partial charge in [-0.2, -0.15) is 0 Å². The summed E-state index contributed by atoms with van der Waals surface area (Å²) in [6.45, 7) is 7.36. The van der Waals surface area contributed by atoms with Gasteiger partial charge in [0.2, 0.25) is 0 Å². The molecule has 20 heavy (non-hydrogen) atoms. The van der Waals surface area contributed by atoms with Crippen LogP contribution in [0.3, 0.4) is 0 Å². The third kappa shape index (κ3) is 4.76. The Morgan fingerprint density at radius 3 is 2.80 bits per heavy atom. The van der Waals surface area contributed by atoms with Gasteiger partial charge in [0.25, 0.3) is 0 Å². The van der Waals surface area contributed by atoms with Crippen molar-refractivity contribution in [3.63, 3.8) is 0 Å². The van der Waals surface area contributed by atoms with Crippen molar-refractivity contribution >= 4 is 17.2 Å². The average molecular weight is 292 g/mol. The highest BCUT2D eigenvalue weighted by atomic mass is 32.1. The molecule has 1 aliphatic rings. The third-order valence-electron chi connectivity index (χ3n) is 3.69. The Morgan fingerprint density at radius 1 is 1.45 bits per heavy atom. The molecule has 0 amide bonds. The summed E-state index contributed by atoms with van der Waals surface area (Å²) in [5.74, 6) is 1.75. The van der Waals surface area contributed by atoms with E-state index in [4.69, 9.17) is 22.7 Å². The molecule has 4 heteroatoms. The molecular formula is C16H24N2OS. The van der Waals surface area contributed by atoms with Gasteiger partial charge in [-0.25, -0.2) is 0 Å². The largest absolute Gasteiger partial charge is 0.492 e. The molecule has 1 saturated carbocycles. The van der Waals surface area contributed by atoms with Gasteiger partial charge in [-0.1, -0.05) is 24.4 Å². The molecule has 1 aliphatic carbocycles. The molecule has 110 valence electrons. The summed E-state index contributed by atoms with van der Waals surface area (Å²) < 4.78 is 5.82. The number of nitrogens with zero attached hydrogens (tertiary/aromatic N) is 1. The number of benzene rings is 1. The summed E-state index contributed by atoms with van der Waals surface area (Å²) in [4.78, 5) is 2.91. The minimum atomic E-state index is 0.410. The maximum Gasteiger partial charge on any atom is 0.120 e. The molecule has 2 rings (SSSR count). The van der Waals surface area contributed by atoms with Gasteiger partial charge < -0.3 is 10.5 Å². The van der Waals surface area contributed by atoms with E-state index in [2.05, 4.69) is 18.7 Å². The summed E-state index contributed by atoms with van der Waals surface area (Å²) >= 11 is 4.98. The number of rotatable bonds is 8. The first-order chi connectivity index (χ1) is 9.56. The van der Waals surface area contributed by atoms with E-state index in [1.807, 2.05) is 24.3 Å². The zero-order chi connectivity index (χ0) is 14.5. The molecule has 1 fully saturated rings. The van der Waals surface area contributed by atoms with Gasteiger partial charge in [-0.05, 0) is 44.7 Å². The van der Waals surface area contributed by atoms with E-state index in [-0.39, 0.29) is 0 Å². The summed E-state index contributed by atoms with van der Waals surface area (Å²) in [5.41, 5.74) is 6.49. The number of thiocarbonyl (C=S) groups is 1. The van der Waals surface area contributed by atoms with E-state index >= 15 is 0 Å². The minimum absolute atomic E-state index is 0.410. The van der Waals surface area contributed by atoms with E-state index in [0.29, 0.717) is 17.6 Å². The minimum Gasteiger partial charge on any atom is -0.492 e. The molecule has 0 spiro atoms. The van der Waals surface area contributed by atoms with Crippen LogP contribution in [0.4, 0.5) is 0 Å². The lowest BCUT2D eigenvalue weighted by Gasteiger charge is -2.26. The Morgan fingerprint density at radius 2 is 2.20 bits per heavy atom. The van der Waals surface area contributed by atoms with E-state index < -0.39 is 0 Å². The van der Waals surface area contributed by atoms with Crippen molar-refractivity contribution in [2.24, 2.45) is 11.7 Å². The van der Waals surface area contributed by atoms with Gasteiger partial charge in [0.1, 0.15) is 17.3 Å². The molecule has 1 aromatic rings. The van der Waals surface area contributed by atoms with Gasteiger partial charge in [0, 0.05) is 24.7 Å². The molecule has 0 atom stereocenters. The first-order valence-electron chi connectivity index (χ1n) is 7.33. The SMILES string of the molecule is CC(C)N(CCOc1cccc(C(N)=S)c1)CC1CC1. The molecule has 2 N–H and O–H groups in total. The van der Waals surface area contributed by atoms with Crippen LogP contribution in [0.1, 0.15) is 32.3 Å². The van der Waals surface area contributed by atoms with E-state index in [1.54, 1.807) is 0 Å². The fourth-order valence-corrected chi connectivity index (χ4v) is 2.34. The molecule has 0 unspecified atom stereocenters. The van der Waals surface area contributed by atoms with E-state index in [1.165, 1.54) is 19.4 Å². The molecule has 0 radical (unpaired) electrons. The Balaban J connectivity index is 1.81. The van der Waals surface area contributed by atoms with Crippen molar-refractivity contribution in [2.45, 2.75) is 32.7 Å². The Kier molecular flexibility index (Phi) is 5.38. The molecule has 3 nitrogen and oxygen atoms in total. The molecule has 0 saturated heterocycles. The van der Waals surface area contributed by atoms with Crippen molar-refractivity contribution in [2.75, 3.05) is 19.7 Å². The quantitative estimate of drug-likeness (QED) is 0.748.